The summed E-state index contributed by atoms with van der Waals surface area (Å²) in [5, 5.41) is 4.27. The van der Waals surface area contributed by atoms with E-state index in [0.717, 1.165) is 32.4 Å². The molecule has 5 heteroatoms. The van der Waals surface area contributed by atoms with E-state index in [1.807, 2.05) is 29.2 Å². The Kier molecular flexibility index (Phi) is 3.41. The zero-order valence-electron chi connectivity index (χ0n) is 12.5. The van der Waals surface area contributed by atoms with Crippen LogP contribution in [-0.2, 0) is 11.3 Å². The van der Waals surface area contributed by atoms with Crippen LogP contribution in [0.3, 0.4) is 0 Å². The molecule has 1 saturated heterocycles. The molecule has 0 bridgehead atoms. The lowest BCUT2D eigenvalue weighted by Gasteiger charge is -2.25. The summed E-state index contributed by atoms with van der Waals surface area (Å²) in [4.78, 5) is 19.1. The van der Waals surface area contributed by atoms with Crippen LogP contribution in [0.15, 0.2) is 43.0 Å². The van der Waals surface area contributed by atoms with E-state index in [-0.39, 0.29) is 5.92 Å². The third-order valence-corrected chi connectivity index (χ3v) is 4.84. The molecule has 22 heavy (non-hydrogen) atoms. The van der Waals surface area contributed by atoms with Crippen molar-refractivity contribution < 1.29 is 4.79 Å². The van der Waals surface area contributed by atoms with Crippen molar-refractivity contribution in [2.24, 2.45) is 5.92 Å². The van der Waals surface area contributed by atoms with Crippen LogP contribution in [0, 0.1) is 5.92 Å². The van der Waals surface area contributed by atoms with Gasteiger partial charge >= 0.3 is 0 Å². The Hall–Kier alpha value is -2.17. The highest BCUT2D eigenvalue weighted by Crippen LogP contribution is 2.48. The standard InChI is InChI=1S/C17H20N4O/c22-17(16-10-15(16)13-4-1-6-18-11-13)21-9-2-5-14(21)12-20-8-3-7-19-20/h1,3-4,6-8,11,14-16H,2,5,9-10,12H2. The SMILES string of the molecule is O=C(C1CC1c1cccnc1)N1CCCC1Cn1cccn1. The van der Waals surface area contributed by atoms with Crippen LogP contribution in [0.1, 0.15) is 30.7 Å². The maximum absolute atomic E-state index is 12.8. The molecule has 1 amide bonds. The number of carbonyl (C=O) groups is 1. The summed E-state index contributed by atoms with van der Waals surface area (Å²) in [5.74, 6) is 0.845. The van der Waals surface area contributed by atoms with Gasteiger partial charge in [0, 0.05) is 37.3 Å². The molecule has 0 radical (unpaired) electrons. The van der Waals surface area contributed by atoms with E-state index in [1.54, 1.807) is 12.4 Å². The van der Waals surface area contributed by atoms with E-state index < -0.39 is 0 Å². The van der Waals surface area contributed by atoms with Gasteiger partial charge in [-0.25, -0.2) is 0 Å². The van der Waals surface area contributed by atoms with E-state index >= 15 is 0 Å². The molecule has 1 aliphatic heterocycles. The molecule has 2 aliphatic rings. The van der Waals surface area contributed by atoms with Crippen LogP contribution >= 0.6 is 0 Å². The molecule has 2 fully saturated rings. The van der Waals surface area contributed by atoms with Crippen molar-refractivity contribution in [2.75, 3.05) is 6.54 Å². The number of rotatable bonds is 4. The van der Waals surface area contributed by atoms with Crippen molar-refractivity contribution in [2.45, 2.75) is 37.8 Å². The van der Waals surface area contributed by atoms with E-state index in [2.05, 4.69) is 21.0 Å². The molecule has 0 aromatic carbocycles. The van der Waals surface area contributed by atoms with Crippen LogP contribution in [0.5, 0.6) is 0 Å². The average Bonchev–Trinajstić information content (AvgIpc) is 2.94. The predicted molar refractivity (Wildman–Crippen MR) is 82.0 cm³/mol. The number of hydrogen-bond donors (Lipinski definition) is 0. The predicted octanol–water partition coefficient (Wildman–Crippen LogP) is 2.07. The number of amides is 1. The van der Waals surface area contributed by atoms with E-state index in [4.69, 9.17) is 0 Å². The number of nitrogens with zero attached hydrogens (tertiary/aromatic N) is 4. The van der Waals surface area contributed by atoms with Crippen LogP contribution in [0.4, 0.5) is 0 Å². The summed E-state index contributed by atoms with van der Waals surface area (Å²) in [5.41, 5.74) is 1.20. The van der Waals surface area contributed by atoms with Crippen molar-refractivity contribution in [3.05, 3.63) is 48.5 Å². The zero-order chi connectivity index (χ0) is 14.9. The summed E-state index contributed by atoms with van der Waals surface area (Å²) in [7, 11) is 0. The monoisotopic (exact) mass is 296 g/mol. The normalized spacial score (nSPS) is 27.1. The molecule has 2 aromatic rings. The number of aromatic nitrogens is 3. The van der Waals surface area contributed by atoms with E-state index in [1.165, 1.54) is 5.56 Å². The fraction of sp³-hybridized carbons (Fsp3) is 0.471. The van der Waals surface area contributed by atoms with E-state index in [0.29, 0.717) is 17.9 Å². The van der Waals surface area contributed by atoms with Gasteiger partial charge in [0.15, 0.2) is 0 Å². The van der Waals surface area contributed by atoms with Crippen LogP contribution in [-0.4, -0.2) is 38.2 Å². The highest BCUT2D eigenvalue weighted by atomic mass is 16.2. The molecule has 114 valence electrons. The molecule has 3 atom stereocenters. The Bertz CT molecular complexity index is 640. The van der Waals surface area contributed by atoms with Gasteiger partial charge in [-0.15, -0.1) is 0 Å². The van der Waals surface area contributed by atoms with Crippen molar-refractivity contribution in [3.8, 4) is 0 Å². The molecule has 3 heterocycles. The van der Waals surface area contributed by atoms with Crippen LogP contribution in [0.25, 0.3) is 0 Å². The lowest BCUT2D eigenvalue weighted by Crippen LogP contribution is -2.39. The van der Waals surface area contributed by atoms with Gasteiger partial charge in [-0.1, -0.05) is 6.07 Å². The Morgan fingerprint density at radius 1 is 1.32 bits per heavy atom. The Morgan fingerprint density at radius 2 is 2.27 bits per heavy atom. The quantitative estimate of drug-likeness (QED) is 0.868. The maximum Gasteiger partial charge on any atom is 0.226 e. The molecule has 5 nitrogen and oxygen atoms in total. The average molecular weight is 296 g/mol. The first-order valence-corrected chi connectivity index (χ1v) is 8.01. The number of pyridine rings is 1. The second-order valence-corrected chi connectivity index (χ2v) is 6.29. The minimum Gasteiger partial charge on any atom is -0.338 e. The molecule has 3 unspecified atom stereocenters. The Balaban J connectivity index is 1.42. The third-order valence-electron chi connectivity index (χ3n) is 4.84. The lowest BCUT2D eigenvalue weighted by molar-refractivity contribution is -0.133. The first-order chi connectivity index (χ1) is 10.8. The molecule has 0 spiro atoms. The topological polar surface area (TPSA) is 51.0 Å². The Labute approximate surface area is 130 Å². The van der Waals surface area contributed by atoms with Gasteiger partial charge in [0.1, 0.15) is 0 Å². The third kappa shape index (κ3) is 2.51. The largest absolute Gasteiger partial charge is 0.338 e. The van der Waals surface area contributed by atoms with Crippen molar-refractivity contribution in [3.63, 3.8) is 0 Å². The van der Waals surface area contributed by atoms with Gasteiger partial charge < -0.3 is 4.90 Å². The molecule has 2 aromatic heterocycles. The van der Waals surface area contributed by atoms with Gasteiger partial charge in [0.05, 0.1) is 12.6 Å². The van der Waals surface area contributed by atoms with Gasteiger partial charge in [0.2, 0.25) is 5.91 Å². The van der Waals surface area contributed by atoms with Crippen LogP contribution < -0.4 is 0 Å². The number of likely N-dealkylation sites (tertiary alicyclic amines) is 1. The minimum absolute atomic E-state index is 0.155. The summed E-state index contributed by atoms with van der Waals surface area (Å²) < 4.78 is 1.93. The smallest absolute Gasteiger partial charge is 0.226 e. The second kappa shape index (κ2) is 5.55. The van der Waals surface area contributed by atoms with Crippen molar-refractivity contribution >= 4 is 5.91 Å². The molecular weight excluding hydrogens is 276 g/mol. The highest BCUT2D eigenvalue weighted by Gasteiger charge is 2.47. The first-order valence-electron chi connectivity index (χ1n) is 8.01. The summed E-state index contributed by atoms with van der Waals surface area (Å²) in [6.07, 6.45) is 10.6. The molecule has 0 N–H and O–H groups in total. The molecular formula is C17H20N4O. The summed E-state index contributed by atoms with van der Waals surface area (Å²) in [6, 6.07) is 6.25. The van der Waals surface area contributed by atoms with Gasteiger partial charge in [-0.3, -0.25) is 14.5 Å². The molecule has 1 saturated carbocycles. The van der Waals surface area contributed by atoms with Gasteiger partial charge in [-0.05, 0) is 42.9 Å². The van der Waals surface area contributed by atoms with Gasteiger partial charge in [0.25, 0.3) is 0 Å². The maximum atomic E-state index is 12.8. The minimum atomic E-state index is 0.155. The fourth-order valence-corrected chi connectivity index (χ4v) is 3.58. The summed E-state index contributed by atoms with van der Waals surface area (Å²) in [6.45, 7) is 1.70. The first kappa shape index (κ1) is 13.5. The highest BCUT2D eigenvalue weighted by molar-refractivity contribution is 5.83. The van der Waals surface area contributed by atoms with Crippen LogP contribution in [0.2, 0.25) is 0 Å². The second-order valence-electron chi connectivity index (χ2n) is 6.29. The molecule has 1 aliphatic carbocycles. The number of carbonyl (C=O) groups excluding carboxylic acids is 1. The fourth-order valence-electron chi connectivity index (χ4n) is 3.58. The van der Waals surface area contributed by atoms with E-state index in [9.17, 15) is 4.79 Å². The van der Waals surface area contributed by atoms with Crippen molar-refractivity contribution in [1.29, 1.82) is 0 Å². The van der Waals surface area contributed by atoms with Gasteiger partial charge in [-0.2, -0.15) is 5.10 Å². The zero-order valence-corrected chi connectivity index (χ0v) is 12.5. The lowest BCUT2D eigenvalue weighted by atomic mass is 10.1. The molecule has 4 rings (SSSR count). The summed E-state index contributed by atoms with van der Waals surface area (Å²) >= 11 is 0. The Morgan fingerprint density at radius 3 is 3.05 bits per heavy atom. The number of hydrogen-bond acceptors (Lipinski definition) is 3. The van der Waals surface area contributed by atoms with Crippen molar-refractivity contribution in [1.82, 2.24) is 19.7 Å².